The Labute approximate surface area is 89.4 Å². The van der Waals surface area contributed by atoms with Gasteiger partial charge in [-0.1, -0.05) is 6.92 Å². The second-order valence-corrected chi connectivity index (χ2v) is 3.89. The van der Waals surface area contributed by atoms with Gasteiger partial charge in [-0.25, -0.2) is 0 Å². The Hall–Kier alpha value is -1.09. The molecule has 1 saturated heterocycles. The number of rotatable bonds is 3. The van der Waals surface area contributed by atoms with Crippen molar-refractivity contribution in [1.82, 2.24) is 0 Å². The molecule has 0 atom stereocenters. The number of aryl methyl sites for hydroxylation is 1. The monoisotopic (exact) mass is 208 g/mol. The lowest BCUT2D eigenvalue weighted by atomic mass is 9.97. The maximum Gasteiger partial charge on any atom is 0.153 e. The summed E-state index contributed by atoms with van der Waals surface area (Å²) in [6, 6.07) is 1.89. The van der Waals surface area contributed by atoms with Gasteiger partial charge in [0.1, 0.15) is 11.5 Å². The highest BCUT2D eigenvalue weighted by molar-refractivity contribution is 5.76. The summed E-state index contributed by atoms with van der Waals surface area (Å²) < 4.78 is 11.0. The van der Waals surface area contributed by atoms with Crippen LogP contribution in [-0.2, 0) is 11.2 Å². The summed E-state index contributed by atoms with van der Waals surface area (Å²) >= 11 is 0. The summed E-state index contributed by atoms with van der Waals surface area (Å²) in [5.41, 5.74) is 0.707. The van der Waals surface area contributed by atoms with Gasteiger partial charge in [0.15, 0.2) is 6.29 Å². The molecule has 1 aliphatic heterocycles. The highest BCUT2D eigenvalue weighted by Crippen LogP contribution is 2.29. The molecular weight excluding hydrogens is 192 g/mol. The molecule has 3 nitrogen and oxygen atoms in total. The molecule has 1 fully saturated rings. The van der Waals surface area contributed by atoms with Crippen LogP contribution in [0.15, 0.2) is 10.5 Å². The molecule has 0 bridgehead atoms. The van der Waals surface area contributed by atoms with Crippen molar-refractivity contribution in [2.75, 3.05) is 13.2 Å². The van der Waals surface area contributed by atoms with E-state index >= 15 is 0 Å². The summed E-state index contributed by atoms with van der Waals surface area (Å²) in [4.78, 5) is 10.8. The molecule has 2 heterocycles. The molecule has 15 heavy (non-hydrogen) atoms. The molecule has 0 N–H and O–H groups in total. The minimum absolute atomic E-state index is 0.428. The van der Waals surface area contributed by atoms with Crippen LogP contribution in [0.4, 0.5) is 0 Å². The topological polar surface area (TPSA) is 39.4 Å². The minimum Gasteiger partial charge on any atom is -0.465 e. The van der Waals surface area contributed by atoms with Crippen LogP contribution >= 0.6 is 0 Å². The molecule has 0 radical (unpaired) electrons. The van der Waals surface area contributed by atoms with Crippen molar-refractivity contribution in [3.05, 3.63) is 23.2 Å². The van der Waals surface area contributed by atoms with Crippen molar-refractivity contribution >= 4 is 6.29 Å². The first-order chi connectivity index (χ1) is 7.35. The molecule has 1 aliphatic rings. The van der Waals surface area contributed by atoms with E-state index in [0.29, 0.717) is 11.5 Å². The molecule has 0 spiro atoms. The van der Waals surface area contributed by atoms with Gasteiger partial charge in [0, 0.05) is 25.6 Å². The lowest BCUT2D eigenvalue weighted by Gasteiger charge is -2.19. The second kappa shape index (κ2) is 4.62. The highest BCUT2D eigenvalue weighted by atomic mass is 16.5. The first-order valence-electron chi connectivity index (χ1n) is 5.50. The van der Waals surface area contributed by atoms with Gasteiger partial charge in [0.25, 0.3) is 0 Å². The van der Waals surface area contributed by atoms with Crippen LogP contribution in [0.3, 0.4) is 0 Å². The van der Waals surface area contributed by atoms with Crippen molar-refractivity contribution in [2.24, 2.45) is 0 Å². The summed E-state index contributed by atoms with van der Waals surface area (Å²) in [7, 11) is 0. The molecule has 1 aromatic rings. The molecule has 0 aliphatic carbocycles. The largest absolute Gasteiger partial charge is 0.465 e. The normalized spacial score (nSPS) is 17.9. The Balaban J connectivity index is 2.19. The van der Waals surface area contributed by atoms with Crippen LogP contribution in [0.2, 0.25) is 0 Å². The molecule has 0 aromatic carbocycles. The molecular formula is C12H16O3. The van der Waals surface area contributed by atoms with Gasteiger partial charge >= 0.3 is 0 Å². The molecule has 0 unspecified atom stereocenters. The van der Waals surface area contributed by atoms with Gasteiger partial charge in [-0.3, -0.25) is 4.79 Å². The zero-order chi connectivity index (χ0) is 10.7. The standard InChI is InChI=1S/C12H16O3/c1-2-11-10(8-13)7-12(15-11)9-3-5-14-6-4-9/h7-9H,2-6H2,1H3. The molecule has 0 saturated carbocycles. The predicted octanol–water partition coefficient (Wildman–Crippen LogP) is 2.55. The number of hydrogen-bond donors (Lipinski definition) is 0. The fourth-order valence-electron chi connectivity index (χ4n) is 2.02. The average molecular weight is 208 g/mol. The molecule has 82 valence electrons. The number of furan rings is 1. The van der Waals surface area contributed by atoms with E-state index in [1.165, 1.54) is 0 Å². The van der Waals surface area contributed by atoms with Crippen LogP contribution in [0.25, 0.3) is 0 Å². The summed E-state index contributed by atoms with van der Waals surface area (Å²) in [5, 5.41) is 0. The first kappa shape index (κ1) is 10.4. The maximum atomic E-state index is 10.8. The summed E-state index contributed by atoms with van der Waals surface area (Å²) in [6.07, 6.45) is 3.65. The van der Waals surface area contributed by atoms with Crippen LogP contribution in [0, 0.1) is 0 Å². The van der Waals surface area contributed by atoms with E-state index in [1.807, 2.05) is 13.0 Å². The fraction of sp³-hybridized carbons (Fsp3) is 0.583. The van der Waals surface area contributed by atoms with Crippen molar-refractivity contribution in [3.8, 4) is 0 Å². The maximum absolute atomic E-state index is 10.8. The number of carbonyl (C=O) groups is 1. The zero-order valence-electron chi connectivity index (χ0n) is 8.99. The van der Waals surface area contributed by atoms with Gasteiger partial charge in [0.05, 0.1) is 5.56 Å². The Bertz CT molecular complexity index is 335. The molecule has 1 aromatic heterocycles. The smallest absolute Gasteiger partial charge is 0.153 e. The fourth-order valence-corrected chi connectivity index (χ4v) is 2.02. The van der Waals surface area contributed by atoms with E-state index in [4.69, 9.17) is 9.15 Å². The van der Waals surface area contributed by atoms with Crippen LogP contribution < -0.4 is 0 Å². The van der Waals surface area contributed by atoms with Gasteiger partial charge in [-0.2, -0.15) is 0 Å². The number of ether oxygens (including phenoxy) is 1. The van der Waals surface area contributed by atoms with Gasteiger partial charge < -0.3 is 9.15 Å². The third-order valence-corrected chi connectivity index (χ3v) is 2.93. The molecule has 3 heteroatoms. The van der Waals surface area contributed by atoms with E-state index in [9.17, 15) is 4.79 Å². The number of aldehydes is 1. The first-order valence-corrected chi connectivity index (χ1v) is 5.50. The van der Waals surface area contributed by atoms with E-state index < -0.39 is 0 Å². The lowest BCUT2D eigenvalue weighted by molar-refractivity contribution is 0.0804. The van der Waals surface area contributed by atoms with E-state index in [0.717, 1.165) is 50.3 Å². The highest BCUT2D eigenvalue weighted by Gasteiger charge is 2.21. The third kappa shape index (κ3) is 2.12. The van der Waals surface area contributed by atoms with E-state index in [2.05, 4.69) is 0 Å². The summed E-state index contributed by atoms with van der Waals surface area (Å²) in [5.74, 6) is 2.20. The van der Waals surface area contributed by atoms with E-state index in [1.54, 1.807) is 0 Å². The second-order valence-electron chi connectivity index (χ2n) is 3.89. The van der Waals surface area contributed by atoms with Crippen LogP contribution in [-0.4, -0.2) is 19.5 Å². The van der Waals surface area contributed by atoms with Crippen LogP contribution in [0.5, 0.6) is 0 Å². The lowest BCUT2D eigenvalue weighted by Crippen LogP contribution is -2.13. The van der Waals surface area contributed by atoms with Gasteiger partial charge in [-0.15, -0.1) is 0 Å². The van der Waals surface area contributed by atoms with Crippen molar-refractivity contribution in [1.29, 1.82) is 0 Å². The average Bonchev–Trinajstić information content (AvgIpc) is 2.73. The Kier molecular flexibility index (Phi) is 3.21. The van der Waals surface area contributed by atoms with Crippen molar-refractivity contribution < 1.29 is 13.9 Å². The SMILES string of the molecule is CCc1oc(C2CCOCC2)cc1C=O. The quantitative estimate of drug-likeness (QED) is 0.716. The third-order valence-electron chi connectivity index (χ3n) is 2.93. The number of hydrogen-bond acceptors (Lipinski definition) is 3. The molecule has 2 rings (SSSR count). The Morgan fingerprint density at radius 2 is 2.20 bits per heavy atom. The van der Waals surface area contributed by atoms with E-state index in [-0.39, 0.29) is 0 Å². The van der Waals surface area contributed by atoms with Crippen molar-refractivity contribution in [2.45, 2.75) is 32.1 Å². The van der Waals surface area contributed by atoms with Crippen LogP contribution in [0.1, 0.15) is 47.6 Å². The predicted molar refractivity (Wildman–Crippen MR) is 56.3 cm³/mol. The van der Waals surface area contributed by atoms with Gasteiger partial charge in [0.2, 0.25) is 0 Å². The minimum atomic E-state index is 0.428. The number of carbonyl (C=O) groups excluding carboxylic acids is 1. The Morgan fingerprint density at radius 1 is 1.47 bits per heavy atom. The van der Waals surface area contributed by atoms with Gasteiger partial charge in [-0.05, 0) is 18.9 Å². The van der Waals surface area contributed by atoms with Crippen molar-refractivity contribution in [3.63, 3.8) is 0 Å². The Morgan fingerprint density at radius 3 is 2.73 bits per heavy atom. The summed E-state index contributed by atoms with van der Waals surface area (Å²) in [6.45, 7) is 3.59. The molecule has 0 amide bonds. The zero-order valence-corrected chi connectivity index (χ0v) is 8.99.